The number of thiocarbonyl (C=S) groups is 1. The van der Waals surface area contributed by atoms with Crippen LogP contribution in [0.5, 0.6) is 0 Å². The Morgan fingerprint density at radius 2 is 2.00 bits per heavy atom. The van der Waals surface area contributed by atoms with Gasteiger partial charge in [-0.25, -0.2) is 0 Å². The minimum atomic E-state index is -0.401. The van der Waals surface area contributed by atoms with Gasteiger partial charge in [0, 0.05) is 32.0 Å². The number of nitro benzene ring substituents is 1. The van der Waals surface area contributed by atoms with Crippen molar-refractivity contribution in [1.29, 1.82) is 0 Å². The molecule has 0 aromatic heterocycles. The molecular weight excluding hydrogens is 244 g/mol. The van der Waals surface area contributed by atoms with E-state index in [9.17, 15) is 10.1 Å². The number of thioether (sulfide) groups is 1. The molecule has 0 aliphatic carbocycles. The van der Waals surface area contributed by atoms with Crippen LogP contribution in [0.2, 0.25) is 0 Å². The quantitative estimate of drug-likeness (QED) is 0.472. The van der Waals surface area contributed by atoms with E-state index in [-0.39, 0.29) is 5.69 Å². The van der Waals surface area contributed by atoms with Crippen molar-refractivity contribution in [2.75, 3.05) is 14.1 Å². The van der Waals surface area contributed by atoms with E-state index in [4.69, 9.17) is 12.2 Å². The second-order valence-electron chi connectivity index (χ2n) is 3.37. The molecule has 0 radical (unpaired) electrons. The van der Waals surface area contributed by atoms with E-state index in [0.29, 0.717) is 0 Å². The highest BCUT2D eigenvalue weighted by molar-refractivity contribution is 8.22. The maximum atomic E-state index is 10.4. The van der Waals surface area contributed by atoms with Crippen LogP contribution in [-0.2, 0) is 5.75 Å². The summed E-state index contributed by atoms with van der Waals surface area (Å²) in [6.07, 6.45) is 0. The van der Waals surface area contributed by atoms with Gasteiger partial charge in [0.1, 0.15) is 4.32 Å². The molecule has 0 aliphatic rings. The first-order valence-electron chi connectivity index (χ1n) is 4.58. The van der Waals surface area contributed by atoms with Gasteiger partial charge in [-0.05, 0) is 5.56 Å². The lowest BCUT2D eigenvalue weighted by Crippen LogP contribution is -2.16. The minimum absolute atomic E-state index is 0.115. The van der Waals surface area contributed by atoms with Crippen LogP contribution in [0.15, 0.2) is 24.3 Å². The molecule has 4 nitrogen and oxygen atoms in total. The Balaban J connectivity index is 2.56. The predicted octanol–water partition coefficient (Wildman–Crippen LogP) is 2.67. The van der Waals surface area contributed by atoms with Crippen molar-refractivity contribution in [1.82, 2.24) is 4.90 Å². The van der Waals surface area contributed by atoms with Gasteiger partial charge in [-0.2, -0.15) is 0 Å². The van der Waals surface area contributed by atoms with Gasteiger partial charge in [0.15, 0.2) is 0 Å². The van der Waals surface area contributed by atoms with Crippen molar-refractivity contribution in [3.05, 3.63) is 39.9 Å². The first kappa shape index (κ1) is 12.9. The first-order valence-corrected chi connectivity index (χ1v) is 5.97. The largest absolute Gasteiger partial charge is 0.364 e. The molecule has 0 atom stereocenters. The summed E-state index contributed by atoms with van der Waals surface area (Å²) in [4.78, 5) is 11.9. The van der Waals surface area contributed by atoms with E-state index < -0.39 is 4.92 Å². The van der Waals surface area contributed by atoms with Gasteiger partial charge >= 0.3 is 0 Å². The van der Waals surface area contributed by atoms with Crippen molar-refractivity contribution < 1.29 is 4.92 Å². The highest BCUT2D eigenvalue weighted by Crippen LogP contribution is 2.18. The molecule has 1 aromatic rings. The van der Waals surface area contributed by atoms with E-state index in [2.05, 4.69) is 0 Å². The number of benzene rings is 1. The Bertz CT molecular complexity index is 390. The number of nitro groups is 1. The highest BCUT2D eigenvalue weighted by atomic mass is 32.2. The normalized spacial score (nSPS) is 9.88. The molecule has 0 heterocycles. The summed E-state index contributed by atoms with van der Waals surface area (Å²) in [6, 6.07) is 6.52. The van der Waals surface area contributed by atoms with E-state index in [0.717, 1.165) is 15.6 Å². The molecule has 0 fully saturated rings. The number of hydrogen-bond donors (Lipinski definition) is 0. The van der Waals surface area contributed by atoms with Crippen LogP contribution in [0.4, 0.5) is 5.69 Å². The molecule has 0 bridgehead atoms. The molecule has 16 heavy (non-hydrogen) atoms. The van der Waals surface area contributed by atoms with Gasteiger partial charge in [0.05, 0.1) is 4.92 Å². The van der Waals surface area contributed by atoms with Gasteiger partial charge in [-0.15, -0.1) is 0 Å². The lowest BCUT2D eigenvalue weighted by atomic mass is 10.2. The van der Waals surface area contributed by atoms with Gasteiger partial charge < -0.3 is 4.90 Å². The SMILES string of the molecule is CN(C)C(=S)SCc1ccc([N+](=O)[O-])cc1. The Hall–Kier alpha value is -1.14. The van der Waals surface area contributed by atoms with E-state index >= 15 is 0 Å². The van der Waals surface area contributed by atoms with E-state index in [1.165, 1.54) is 23.9 Å². The zero-order chi connectivity index (χ0) is 12.1. The van der Waals surface area contributed by atoms with Gasteiger partial charge in [0.2, 0.25) is 0 Å². The van der Waals surface area contributed by atoms with Crippen LogP contribution in [0.1, 0.15) is 5.56 Å². The summed E-state index contributed by atoms with van der Waals surface area (Å²) in [5.41, 5.74) is 1.14. The molecule has 6 heteroatoms. The Kier molecular flexibility index (Phi) is 4.70. The lowest BCUT2D eigenvalue weighted by Gasteiger charge is -2.12. The summed E-state index contributed by atoms with van der Waals surface area (Å²) < 4.78 is 0.804. The van der Waals surface area contributed by atoms with Crippen LogP contribution < -0.4 is 0 Å². The fourth-order valence-electron chi connectivity index (χ4n) is 0.988. The third kappa shape index (κ3) is 3.79. The zero-order valence-electron chi connectivity index (χ0n) is 9.04. The van der Waals surface area contributed by atoms with E-state index in [1.54, 1.807) is 12.1 Å². The van der Waals surface area contributed by atoms with Crippen LogP contribution in [0.3, 0.4) is 0 Å². The fraction of sp³-hybridized carbons (Fsp3) is 0.300. The van der Waals surface area contributed by atoms with Crippen LogP contribution in [0.25, 0.3) is 0 Å². The van der Waals surface area contributed by atoms with Crippen molar-refractivity contribution >= 4 is 34.0 Å². The third-order valence-corrected chi connectivity index (χ3v) is 3.68. The monoisotopic (exact) mass is 256 g/mol. The van der Waals surface area contributed by atoms with Gasteiger partial charge in [0.25, 0.3) is 5.69 Å². The van der Waals surface area contributed by atoms with Crippen molar-refractivity contribution in [3.63, 3.8) is 0 Å². The van der Waals surface area contributed by atoms with Crippen molar-refractivity contribution in [3.8, 4) is 0 Å². The minimum Gasteiger partial charge on any atom is -0.364 e. The summed E-state index contributed by atoms with van der Waals surface area (Å²) >= 11 is 6.66. The van der Waals surface area contributed by atoms with Crippen LogP contribution >= 0.6 is 24.0 Å². The molecule has 0 aliphatic heterocycles. The highest BCUT2D eigenvalue weighted by Gasteiger charge is 2.05. The smallest absolute Gasteiger partial charge is 0.269 e. The molecule has 0 saturated carbocycles. The molecule has 0 amide bonds. The molecule has 0 saturated heterocycles. The Labute approximate surface area is 104 Å². The molecule has 0 N–H and O–H groups in total. The maximum Gasteiger partial charge on any atom is 0.269 e. The summed E-state index contributed by atoms with van der Waals surface area (Å²) in [6.45, 7) is 0. The second-order valence-corrected chi connectivity index (χ2v) is 4.98. The summed E-state index contributed by atoms with van der Waals surface area (Å²) in [7, 11) is 3.79. The molecule has 1 rings (SSSR count). The second kappa shape index (κ2) is 5.81. The van der Waals surface area contributed by atoms with E-state index in [1.807, 2.05) is 19.0 Å². The topological polar surface area (TPSA) is 46.4 Å². The standard InChI is InChI=1S/C10H12N2O2S2/c1-11(2)10(15)16-7-8-3-5-9(6-4-8)12(13)14/h3-6H,7H2,1-2H3. The maximum absolute atomic E-state index is 10.4. The fourth-order valence-corrected chi connectivity index (χ4v) is 1.91. The Morgan fingerprint density at radius 3 is 2.44 bits per heavy atom. The average Bonchev–Trinajstić information content (AvgIpc) is 2.26. The van der Waals surface area contributed by atoms with Crippen LogP contribution in [0, 0.1) is 10.1 Å². The lowest BCUT2D eigenvalue weighted by molar-refractivity contribution is -0.384. The number of nitrogens with zero attached hydrogens (tertiary/aromatic N) is 2. The van der Waals surface area contributed by atoms with Crippen LogP contribution in [-0.4, -0.2) is 28.2 Å². The first-order chi connectivity index (χ1) is 7.50. The molecule has 0 spiro atoms. The number of hydrogen-bond acceptors (Lipinski definition) is 4. The third-order valence-electron chi connectivity index (χ3n) is 1.87. The van der Waals surface area contributed by atoms with Gasteiger partial charge in [-0.3, -0.25) is 10.1 Å². The average molecular weight is 256 g/mol. The summed E-state index contributed by atoms with van der Waals surface area (Å²) in [5, 5.41) is 10.4. The molecular formula is C10H12N2O2S2. The molecule has 1 aromatic carbocycles. The van der Waals surface area contributed by atoms with Gasteiger partial charge in [-0.1, -0.05) is 36.1 Å². The zero-order valence-corrected chi connectivity index (χ0v) is 10.7. The Morgan fingerprint density at radius 1 is 1.44 bits per heavy atom. The predicted molar refractivity (Wildman–Crippen MR) is 70.7 cm³/mol. The molecule has 86 valence electrons. The number of non-ortho nitro benzene ring substituents is 1. The molecule has 0 unspecified atom stereocenters. The van der Waals surface area contributed by atoms with Crippen molar-refractivity contribution in [2.45, 2.75) is 5.75 Å². The summed E-state index contributed by atoms with van der Waals surface area (Å²) in [5.74, 6) is 0.731. The van der Waals surface area contributed by atoms with Crippen molar-refractivity contribution in [2.24, 2.45) is 0 Å². The number of rotatable bonds is 3.